The molecule has 0 fully saturated rings. The first-order valence-electron chi connectivity index (χ1n) is 3.77. The van der Waals surface area contributed by atoms with E-state index in [9.17, 15) is 0 Å². The van der Waals surface area contributed by atoms with Crippen molar-refractivity contribution in [2.24, 2.45) is 5.92 Å². The van der Waals surface area contributed by atoms with Crippen LogP contribution >= 0.6 is 0 Å². The fourth-order valence-electron chi connectivity index (χ4n) is 0.774. The summed E-state index contributed by atoms with van der Waals surface area (Å²) in [7, 11) is 0. The van der Waals surface area contributed by atoms with E-state index in [0.29, 0.717) is 5.92 Å². The summed E-state index contributed by atoms with van der Waals surface area (Å²) in [4.78, 5) is 0. The molecular formula is C9H17. The molecule has 0 bridgehead atoms. The predicted octanol–water partition coefficient (Wildman–Crippen LogP) is 3.20. The van der Waals surface area contributed by atoms with Gasteiger partial charge in [0, 0.05) is 0 Å². The van der Waals surface area contributed by atoms with E-state index in [-0.39, 0.29) is 0 Å². The molecule has 0 heteroatoms. The first-order valence-corrected chi connectivity index (χ1v) is 3.77. The smallest absolute Gasteiger partial charge is 0.0236 e. The molecule has 0 heterocycles. The van der Waals surface area contributed by atoms with Gasteiger partial charge in [-0.2, -0.15) is 0 Å². The number of unbranched alkanes of at least 4 members (excludes halogenated alkanes) is 2. The Morgan fingerprint density at radius 2 is 2.11 bits per heavy atom. The maximum Gasteiger partial charge on any atom is -0.0236 e. The van der Waals surface area contributed by atoms with Crippen LogP contribution in [0.1, 0.15) is 32.6 Å². The van der Waals surface area contributed by atoms with E-state index in [1.54, 1.807) is 0 Å². The van der Waals surface area contributed by atoms with Gasteiger partial charge in [0.2, 0.25) is 0 Å². The van der Waals surface area contributed by atoms with Gasteiger partial charge in [-0.25, -0.2) is 0 Å². The molecule has 0 aliphatic carbocycles. The van der Waals surface area contributed by atoms with Crippen molar-refractivity contribution in [1.29, 1.82) is 0 Å². The summed E-state index contributed by atoms with van der Waals surface area (Å²) in [6.45, 7) is 9.80. The molecule has 0 aliphatic rings. The molecule has 9 heavy (non-hydrogen) atoms. The lowest BCUT2D eigenvalue weighted by Crippen LogP contribution is -1.87. The summed E-state index contributed by atoms with van der Waals surface area (Å²) in [5.41, 5.74) is 0. The van der Waals surface area contributed by atoms with Gasteiger partial charge >= 0.3 is 0 Å². The van der Waals surface area contributed by atoms with Crippen LogP contribution in [0.2, 0.25) is 0 Å². The van der Waals surface area contributed by atoms with Crippen LogP contribution in [0, 0.1) is 12.8 Å². The molecule has 0 amide bonds. The minimum Gasteiger partial charge on any atom is -0.103 e. The Labute approximate surface area is 59.0 Å². The predicted molar refractivity (Wildman–Crippen MR) is 43.2 cm³/mol. The van der Waals surface area contributed by atoms with E-state index in [1.165, 1.54) is 25.7 Å². The van der Waals surface area contributed by atoms with Crippen LogP contribution in [0.5, 0.6) is 0 Å². The minimum atomic E-state index is 0.469. The van der Waals surface area contributed by atoms with Crippen LogP contribution in [0.3, 0.4) is 0 Å². The van der Waals surface area contributed by atoms with Gasteiger partial charge in [0.25, 0.3) is 0 Å². The zero-order valence-electron chi connectivity index (χ0n) is 6.40. The summed E-state index contributed by atoms with van der Waals surface area (Å²) >= 11 is 0. The first kappa shape index (κ1) is 8.74. The van der Waals surface area contributed by atoms with Crippen molar-refractivity contribution in [2.75, 3.05) is 0 Å². The van der Waals surface area contributed by atoms with Gasteiger partial charge < -0.3 is 0 Å². The zero-order valence-corrected chi connectivity index (χ0v) is 6.40. The Balaban J connectivity index is 2.96. The molecule has 53 valence electrons. The van der Waals surface area contributed by atoms with E-state index >= 15 is 0 Å². The van der Waals surface area contributed by atoms with Crippen molar-refractivity contribution in [1.82, 2.24) is 0 Å². The van der Waals surface area contributed by atoms with Crippen LogP contribution in [-0.2, 0) is 0 Å². The van der Waals surface area contributed by atoms with Crippen LogP contribution in [0.25, 0.3) is 0 Å². The second kappa shape index (κ2) is 5.87. The minimum absolute atomic E-state index is 0.469. The lowest BCUT2D eigenvalue weighted by atomic mass is 10.0. The third-order valence-electron chi connectivity index (χ3n) is 1.51. The lowest BCUT2D eigenvalue weighted by Gasteiger charge is -2.02. The summed E-state index contributed by atoms with van der Waals surface area (Å²) < 4.78 is 0. The van der Waals surface area contributed by atoms with Gasteiger partial charge in [-0.05, 0) is 19.3 Å². The maximum atomic E-state index is 3.91. The molecule has 1 unspecified atom stereocenters. The molecule has 0 aromatic heterocycles. The summed E-state index contributed by atoms with van der Waals surface area (Å²) in [5.74, 6) is 0.469. The van der Waals surface area contributed by atoms with Crippen LogP contribution in [0.15, 0.2) is 12.7 Å². The van der Waals surface area contributed by atoms with Gasteiger partial charge in [0.1, 0.15) is 0 Å². The third-order valence-corrected chi connectivity index (χ3v) is 1.51. The fourth-order valence-corrected chi connectivity index (χ4v) is 0.774. The molecular weight excluding hydrogens is 108 g/mol. The Morgan fingerprint density at radius 3 is 2.56 bits per heavy atom. The number of allylic oxidation sites excluding steroid dienone is 1. The molecule has 1 radical (unpaired) electrons. The van der Waals surface area contributed by atoms with Gasteiger partial charge in [-0.1, -0.05) is 32.3 Å². The molecule has 0 saturated carbocycles. The maximum absolute atomic E-state index is 3.91. The van der Waals surface area contributed by atoms with Gasteiger partial charge in [-0.15, -0.1) is 6.58 Å². The Morgan fingerprint density at radius 1 is 1.44 bits per heavy atom. The fraction of sp³-hybridized carbons (Fsp3) is 0.667. The summed E-state index contributed by atoms with van der Waals surface area (Å²) in [6.07, 6.45) is 7.06. The normalized spacial score (nSPS) is 13.1. The van der Waals surface area contributed by atoms with Gasteiger partial charge in [0.05, 0.1) is 0 Å². The topological polar surface area (TPSA) is 0 Å². The number of hydrogen-bond donors (Lipinski definition) is 0. The second-order valence-corrected chi connectivity index (χ2v) is 2.49. The molecule has 0 rings (SSSR count). The molecule has 1 atom stereocenters. The highest BCUT2D eigenvalue weighted by atomic mass is 14.0. The molecule has 0 nitrogen and oxygen atoms in total. The summed E-state index contributed by atoms with van der Waals surface area (Å²) in [5, 5.41) is 0. The highest BCUT2D eigenvalue weighted by Gasteiger charge is 1.93. The molecule has 0 N–H and O–H groups in total. The second-order valence-electron chi connectivity index (χ2n) is 2.49. The van der Waals surface area contributed by atoms with Crippen molar-refractivity contribution in [3.63, 3.8) is 0 Å². The highest BCUT2D eigenvalue weighted by molar-refractivity contribution is 4.79. The van der Waals surface area contributed by atoms with E-state index in [4.69, 9.17) is 0 Å². The Hall–Kier alpha value is -0.260. The third kappa shape index (κ3) is 5.61. The quantitative estimate of drug-likeness (QED) is 0.391. The molecule has 0 aromatic carbocycles. The monoisotopic (exact) mass is 125 g/mol. The average Bonchev–Trinajstić information content (AvgIpc) is 1.89. The van der Waals surface area contributed by atoms with E-state index < -0.39 is 0 Å². The highest BCUT2D eigenvalue weighted by Crippen LogP contribution is 2.08. The van der Waals surface area contributed by atoms with Crippen molar-refractivity contribution >= 4 is 0 Å². The Bertz CT molecular complexity index is 64.4. The number of hydrogen-bond acceptors (Lipinski definition) is 0. The summed E-state index contributed by atoms with van der Waals surface area (Å²) in [6, 6.07) is 0. The van der Waals surface area contributed by atoms with Gasteiger partial charge in [-0.3, -0.25) is 0 Å². The van der Waals surface area contributed by atoms with Crippen molar-refractivity contribution < 1.29 is 0 Å². The van der Waals surface area contributed by atoms with Crippen LogP contribution in [0.4, 0.5) is 0 Å². The van der Waals surface area contributed by atoms with Crippen LogP contribution in [-0.4, -0.2) is 0 Å². The molecule has 0 aromatic rings. The molecule has 0 aliphatic heterocycles. The molecule has 0 spiro atoms. The van der Waals surface area contributed by atoms with E-state index in [1.807, 2.05) is 6.08 Å². The van der Waals surface area contributed by atoms with E-state index in [0.717, 1.165) is 0 Å². The lowest BCUT2D eigenvalue weighted by molar-refractivity contribution is 0.610. The number of rotatable bonds is 5. The standard InChI is InChI=1S/C9H17/c1-4-6-7-8-9(3)5-2/h5,9H,2-4,6-8H2,1H3. The SMILES string of the molecule is [CH2]C(C=C)CCCCC. The average molecular weight is 125 g/mol. The van der Waals surface area contributed by atoms with Crippen molar-refractivity contribution in [3.8, 4) is 0 Å². The molecule has 0 saturated heterocycles. The first-order chi connectivity index (χ1) is 4.31. The van der Waals surface area contributed by atoms with E-state index in [2.05, 4.69) is 20.4 Å². The Kier molecular flexibility index (Phi) is 5.70. The zero-order chi connectivity index (χ0) is 7.11. The van der Waals surface area contributed by atoms with Gasteiger partial charge in [0.15, 0.2) is 0 Å². The van der Waals surface area contributed by atoms with Crippen molar-refractivity contribution in [2.45, 2.75) is 32.6 Å². The largest absolute Gasteiger partial charge is 0.103 e. The van der Waals surface area contributed by atoms with Crippen LogP contribution < -0.4 is 0 Å². The van der Waals surface area contributed by atoms with Crippen molar-refractivity contribution in [3.05, 3.63) is 19.6 Å².